The number of amides is 1. The molecule has 0 radical (unpaired) electrons. The predicted molar refractivity (Wildman–Crippen MR) is 131 cm³/mol. The number of rotatable bonds is 6. The van der Waals surface area contributed by atoms with Gasteiger partial charge in [-0.1, -0.05) is 41.2 Å². The number of hydrogen-bond donors (Lipinski definition) is 0. The number of anilines is 1. The first-order valence-corrected chi connectivity index (χ1v) is 11.4. The number of aryl methyl sites for hydroxylation is 4. The summed E-state index contributed by atoms with van der Waals surface area (Å²) < 4.78 is 6.56. The molecule has 0 aliphatic rings. The van der Waals surface area contributed by atoms with Crippen LogP contribution in [0.1, 0.15) is 33.4 Å². The summed E-state index contributed by atoms with van der Waals surface area (Å²) in [6.45, 7) is 8.69. The van der Waals surface area contributed by atoms with E-state index in [0.717, 1.165) is 38.0 Å². The highest BCUT2D eigenvalue weighted by atomic mass is 32.1. The molecule has 4 aromatic rings. The van der Waals surface area contributed by atoms with Crippen LogP contribution in [0.25, 0.3) is 10.2 Å². The summed E-state index contributed by atoms with van der Waals surface area (Å²) in [6.07, 6.45) is 3.85. The average Bonchev–Trinajstić information content (AvgIpc) is 3.21. The van der Waals surface area contributed by atoms with Crippen LogP contribution in [-0.2, 0) is 17.8 Å². The molecule has 0 aliphatic carbocycles. The minimum Gasteiger partial charge on any atom is -0.494 e. The van der Waals surface area contributed by atoms with Crippen molar-refractivity contribution in [2.75, 3.05) is 12.0 Å². The maximum Gasteiger partial charge on any atom is 0.233 e. The highest BCUT2D eigenvalue weighted by molar-refractivity contribution is 7.22. The standard InChI is InChI=1S/C26H27N3O2S/c1-16-11-18(3)21(19(4)12-16)13-23(30)29(15-20-7-6-10-27-14-20)26-28-24-22(31-5)9-8-17(2)25(24)32-26/h6-12,14H,13,15H2,1-5H3. The Balaban J connectivity index is 1.77. The van der Waals surface area contributed by atoms with E-state index >= 15 is 0 Å². The van der Waals surface area contributed by atoms with Crippen molar-refractivity contribution in [2.24, 2.45) is 0 Å². The van der Waals surface area contributed by atoms with Gasteiger partial charge in [-0.25, -0.2) is 4.98 Å². The van der Waals surface area contributed by atoms with E-state index in [1.807, 2.05) is 24.3 Å². The first-order chi connectivity index (χ1) is 15.4. The van der Waals surface area contributed by atoms with Gasteiger partial charge >= 0.3 is 0 Å². The van der Waals surface area contributed by atoms with Crippen LogP contribution in [0.3, 0.4) is 0 Å². The van der Waals surface area contributed by atoms with E-state index < -0.39 is 0 Å². The highest BCUT2D eigenvalue weighted by Crippen LogP contribution is 2.37. The van der Waals surface area contributed by atoms with Gasteiger partial charge in [0, 0.05) is 12.4 Å². The average molecular weight is 446 g/mol. The lowest BCUT2D eigenvalue weighted by atomic mass is 9.97. The van der Waals surface area contributed by atoms with E-state index in [2.05, 4.69) is 44.8 Å². The summed E-state index contributed by atoms with van der Waals surface area (Å²) in [5, 5.41) is 0.670. The van der Waals surface area contributed by atoms with Crippen molar-refractivity contribution in [1.82, 2.24) is 9.97 Å². The summed E-state index contributed by atoms with van der Waals surface area (Å²) in [5.41, 5.74) is 7.42. The third-order valence-electron chi connectivity index (χ3n) is 5.68. The van der Waals surface area contributed by atoms with Crippen LogP contribution in [-0.4, -0.2) is 23.0 Å². The number of carbonyl (C=O) groups excluding carboxylic acids is 1. The minimum atomic E-state index is 0.0135. The molecule has 5 nitrogen and oxygen atoms in total. The zero-order chi connectivity index (χ0) is 22.8. The van der Waals surface area contributed by atoms with Crippen LogP contribution in [0.5, 0.6) is 5.75 Å². The first-order valence-electron chi connectivity index (χ1n) is 10.6. The summed E-state index contributed by atoms with van der Waals surface area (Å²) >= 11 is 1.52. The second kappa shape index (κ2) is 9.09. The highest BCUT2D eigenvalue weighted by Gasteiger charge is 2.23. The molecule has 0 saturated heterocycles. The fourth-order valence-electron chi connectivity index (χ4n) is 4.05. The van der Waals surface area contributed by atoms with Gasteiger partial charge in [-0.3, -0.25) is 14.7 Å². The van der Waals surface area contributed by atoms with Crippen LogP contribution >= 0.6 is 11.3 Å². The van der Waals surface area contributed by atoms with Crippen molar-refractivity contribution in [1.29, 1.82) is 0 Å². The van der Waals surface area contributed by atoms with Crippen LogP contribution in [0.2, 0.25) is 0 Å². The second-order valence-electron chi connectivity index (χ2n) is 8.15. The summed E-state index contributed by atoms with van der Waals surface area (Å²) in [4.78, 5) is 24.5. The molecule has 0 spiro atoms. The fourth-order valence-corrected chi connectivity index (χ4v) is 5.12. The lowest BCUT2D eigenvalue weighted by Crippen LogP contribution is -2.32. The number of benzene rings is 2. The summed E-state index contributed by atoms with van der Waals surface area (Å²) in [6, 6.07) is 12.1. The van der Waals surface area contributed by atoms with Gasteiger partial charge in [-0.2, -0.15) is 0 Å². The Kier molecular flexibility index (Phi) is 6.24. The molecule has 2 aromatic carbocycles. The van der Waals surface area contributed by atoms with Gasteiger partial charge in [0.1, 0.15) is 11.3 Å². The van der Waals surface area contributed by atoms with Crippen LogP contribution in [0.15, 0.2) is 48.8 Å². The number of aromatic nitrogens is 2. The fraction of sp³-hybridized carbons (Fsp3) is 0.269. The summed E-state index contributed by atoms with van der Waals surface area (Å²) in [5.74, 6) is 0.728. The van der Waals surface area contributed by atoms with E-state index in [1.165, 1.54) is 16.9 Å². The lowest BCUT2D eigenvalue weighted by molar-refractivity contribution is -0.118. The molecule has 0 aliphatic heterocycles. The maximum atomic E-state index is 13.7. The maximum absolute atomic E-state index is 13.7. The number of ether oxygens (including phenoxy) is 1. The van der Waals surface area contributed by atoms with E-state index in [4.69, 9.17) is 9.72 Å². The third kappa shape index (κ3) is 4.36. The number of thiazole rings is 1. The number of pyridine rings is 1. The molecular weight excluding hydrogens is 418 g/mol. The molecule has 0 unspecified atom stereocenters. The van der Waals surface area contributed by atoms with Gasteiger partial charge in [-0.15, -0.1) is 0 Å². The van der Waals surface area contributed by atoms with Crippen molar-refractivity contribution >= 4 is 32.6 Å². The van der Waals surface area contributed by atoms with Gasteiger partial charge in [0.2, 0.25) is 5.91 Å². The lowest BCUT2D eigenvalue weighted by Gasteiger charge is -2.21. The monoisotopic (exact) mass is 445 g/mol. The van der Waals surface area contributed by atoms with Crippen molar-refractivity contribution in [3.05, 3.63) is 82.2 Å². The Morgan fingerprint density at radius 2 is 1.81 bits per heavy atom. The van der Waals surface area contributed by atoms with Crippen LogP contribution in [0, 0.1) is 27.7 Å². The molecule has 6 heteroatoms. The molecule has 2 aromatic heterocycles. The molecule has 0 fully saturated rings. The van der Waals surface area contributed by atoms with E-state index in [0.29, 0.717) is 23.8 Å². The molecule has 32 heavy (non-hydrogen) atoms. The first kappa shape index (κ1) is 22.0. The minimum absolute atomic E-state index is 0.0135. The Morgan fingerprint density at radius 1 is 1.06 bits per heavy atom. The number of nitrogens with zero attached hydrogens (tertiary/aromatic N) is 3. The van der Waals surface area contributed by atoms with Gasteiger partial charge in [0.15, 0.2) is 5.13 Å². The molecule has 0 atom stereocenters. The van der Waals surface area contributed by atoms with E-state index in [9.17, 15) is 4.79 Å². The molecule has 0 bridgehead atoms. The van der Waals surface area contributed by atoms with Crippen molar-refractivity contribution < 1.29 is 9.53 Å². The predicted octanol–water partition coefficient (Wildman–Crippen LogP) is 5.71. The zero-order valence-electron chi connectivity index (χ0n) is 19.1. The number of fused-ring (bicyclic) bond motifs is 1. The summed E-state index contributed by atoms with van der Waals surface area (Å²) in [7, 11) is 1.64. The number of carbonyl (C=O) groups is 1. The molecule has 0 N–H and O–H groups in total. The third-order valence-corrected chi connectivity index (χ3v) is 6.89. The Labute approximate surface area is 192 Å². The SMILES string of the molecule is COc1ccc(C)c2sc(N(Cc3cccnc3)C(=O)Cc3c(C)cc(C)cc3C)nc12. The molecular formula is C26H27N3O2S. The number of hydrogen-bond acceptors (Lipinski definition) is 5. The van der Waals surface area contributed by atoms with Gasteiger partial charge < -0.3 is 4.74 Å². The van der Waals surface area contributed by atoms with Crippen LogP contribution < -0.4 is 9.64 Å². The molecule has 1 amide bonds. The molecule has 4 rings (SSSR count). The quantitative estimate of drug-likeness (QED) is 0.381. The zero-order valence-corrected chi connectivity index (χ0v) is 19.9. The Hall–Kier alpha value is -3.25. The van der Waals surface area contributed by atoms with E-state index in [-0.39, 0.29) is 5.91 Å². The Morgan fingerprint density at radius 3 is 2.47 bits per heavy atom. The number of methoxy groups -OCH3 is 1. The smallest absolute Gasteiger partial charge is 0.233 e. The van der Waals surface area contributed by atoms with E-state index in [1.54, 1.807) is 24.4 Å². The van der Waals surface area contributed by atoms with Gasteiger partial charge in [0.25, 0.3) is 0 Å². The molecule has 0 saturated carbocycles. The Bertz CT molecular complexity index is 1260. The molecule has 164 valence electrons. The topological polar surface area (TPSA) is 55.3 Å². The second-order valence-corrected chi connectivity index (χ2v) is 9.13. The molecule has 2 heterocycles. The largest absolute Gasteiger partial charge is 0.494 e. The van der Waals surface area contributed by atoms with Crippen LogP contribution in [0.4, 0.5) is 5.13 Å². The van der Waals surface area contributed by atoms with Crippen molar-refractivity contribution in [3.63, 3.8) is 0 Å². The normalized spacial score (nSPS) is 11.0. The van der Waals surface area contributed by atoms with Gasteiger partial charge in [-0.05, 0) is 67.6 Å². The van der Waals surface area contributed by atoms with Crippen molar-refractivity contribution in [2.45, 2.75) is 40.7 Å². The van der Waals surface area contributed by atoms with Crippen molar-refractivity contribution in [3.8, 4) is 5.75 Å². The van der Waals surface area contributed by atoms with Gasteiger partial charge in [0.05, 0.1) is 24.8 Å².